The number of hydrogen-bond donors (Lipinski definition) is 0. The first-order valence-corrected chi connectivity index (χ1v) is 7.47. The van der Waals surface area contributed by atoms with Gasteiger partial charge in [0, 0.05) is 17.2 Å². The molecule has 4 heteroatoms. The highest BCUT2D eigenvalue weighted by atomic mass is 19.1. The first kappa shape index (κ1) is 17.0. The Morgan fingerprint density at radius 2 is 1.61 bits per heavy atom. The lowest BCUT2D eigenvalue weighted by atomic mass is 10.0. The quantitative estimate of drug-likeness (QED) is 0.690. The molecule has 0 N–H and O–H groups in total. The average molecular weight is 318 g/mol. The van der Waals surface area contributed by atoms with Crippen molar-refractivity contribution in [3.63, 3.8) is 0 Å². The van der Waals surface area contributed by atoms with Crippen molar-refractivity contribution in [2.75, 3.05) is 14.2 Å². The Labute approximate surface area is 135 Å². The van der Waals surface area contributed by atoms with Gasteiger partial charge in [0.2, 0.25) is 0 Å². The molecule has 0 fully saturated rings. The van der Waals surface area contributed by atoms with Gasteiger partial charge in [-0.3, -0.25) is 0 Å². The van der Waals surface area contributed by atoms with Crippen molar-refractivity contribution in [1.82, 2.24) is 0 Å². The third-order valence-electron chi connectivity index (χ3n) is 3.55. The number of benzene rings is 2. The van der Waals surface area contributed by atoms with E-state index in [1.807, 2.05) is 12.1 Å². The zero-order valence-electron chi connectivity index (χ0n) is 13.5. The standard InChI is InChI=1S/C19H20F2O2/c1-4-5-16-18(22-2)10-13(11-19(16)23-3)6-7-14-8-9-15(20)12-17(14)21/h6-12H,4-5H2,1-3H3/b7-6+. The summed E-state index contributed by atoms with van der Waals surface area (Å²) >= 11 is 0. The molecule has 122 valence electrons. The molecule has 0 aliphatic rings. The maximum atomic E-state index is 13.7. The average Bonchev–Trinajstić information content (AvgIpc) is 2.54. The van der Waals surface area contributed by atoms with Crippen molar-refractivity contribution in [2.24, 2.45) is 0 Å². The van der Waals surface area contributed by atoms with E-state index in [9.17, 15) is 8.78 Å². The molecule has 0 heterocycles. The molecular weight excluding hydrogens is 298 g/mol. The van der Waals surface area contributed by atoms with Gasteiger partial charge >= 0.3 is 0 Å². The Kier molecular flexibility index (Phi) is 5.74. The van der Waals surface area contributed by atoms with Crippen LogP contribution in [0.3, 0.4) is 0 Å². The minimum absolute atomic E-state index is 0.321. The Hall–Kier alpha value is -2.36. The van der Waals surface area contributed by atoms with Gasteiger partial charge < -0.3 is 9.47 Å². The van der Waals surface area contributed by atoms with Gasteiger partial charge in [-0.05, 0) is 36.2 Å². The Morgan fingerprint density at radius 1 is 0.957 bits per heavy atom. The van der Waals surface area contributed by atoms with Crippen molar-refractivity contribution in [1.29, 1.82) is 0 Å². The number of rotatable bonds is 6. The van der Waals surface area contributed by atoms with E-state index in [4.69, 9.17) is 9.47 Å². The van der Waals surface area contributed by atoms with Crippen molar-refractivity contribution >= 4 is 12.2 Å². The summed E-state index contributed by atoms with van der Waals surface area (Å²) in [5, 5.41) is 0. The van der Waals surface area contributed by atoms with E-state index in [2.05, 4.69) is 6.92 Å². The molecule has 2 nitrogen and oxygen atoms in total. The summed E-state index contributed by atoms with van der Waals surface area (Å²) in [5.41, 5.74) is 2.16. The molecule has 0 aromatic heterocycles. The number of halogens is 2. The van der Waals surface area contributed by atoms with E-state index < -0.39 is 11.6 Å². The summed E-state index contributed by atoms with van der Waals surface area (Å²) < 4.78 is 37.5. The number of ether oxygens (including phenoxy) is 2. The van der Waals surface area contributed by atoms with Gasteiger partial charge in [0.25, 0.3) is 0 Å². The minimum Gasteiger partial charge on any atom is -0.496 e. The second kappa shape index (κ2) is 7.77. The predicted octanol–water partition coefficient (Wildman–Crippen LogP) is 5.10. The molecule has 0 saturated carbocycles. The maximum absolute atomic E-state index is 13.7. The normalized spacial score (nSPS) is 11.0. The molecule has 0 amide bonds. The van der Waals surface area contributed by atoms with E-state index in [1.165, 1.54) is 12.1 Å². The molecule has 2 aromatic carbocycles. The van der Waals surface area contributed by atoms with Crippen LogP contribution in [-0.4, -0.2) is 14.2 Å². The fourth-order valence-electron chi connectivity index (χ4n) is 2.42. The second-order valence-corrected chi connectivity index (χ2v) is 5.15. The lowest BCUT2D eigenvalue weighted by Crippen LogP contribution is -1.97. The highest BCUT2D eigenvalue weighted by Gasteiger charge is 2.11. The first-order valence-electron chi connectivity index (χ1n) is 7.47. The van der Waals surface area contributed by atoms with Crippen LogP contribution in [0.15, 0.2) is 30.3 Å². The number of hydrogen-bond acceptors (Lipinski definition) is 2. The fourth-order valence-corrected chi connectivity index (χ4v) is 2.42. The molecule has 2 aromatic rings. The molecule has 0 saturated heterocycles. The predicted molar refractivity (Wildman–Crippen MR) is 88.8 cm³/mol. The van der Waals surface area contributed by atoms with Crippen molar-refractivity contribution < 1.29 is 18.3 Å². The summed E-state index contributed by atoms with van der Waals surface area (Å²) in [6, 6.07) is 7.26. The second-order valence-electron chi connectivity index (χ2n) is 5.15. The first-order chi connectivity index (χ1) is 11.1. The molecule has 2 rings (SSSR count). The van der Waals surface area contributed by atoms with Gasteiger partial charge in [0.05, 0.1) is 14.2 Å². The Bertz CT molecular complexity index is 684. The molecule has 0 unspecified atom stereocenters. The van der Waals surface area contributed by atoms with Crippen LogP contribution < -0.4 is 9.47 Å². The van der Waals surface area contributed by atoms with Crippen molar-refractivity contribution in [3.05, 3.63) is 58.7 Å². The van der Waals surface area contributed by atoms with Gasteiger partial charge in [-0.1, -0.05) is 25.5 Å². The van der Waals surface area contributed by atoms with E-state index in [-0.39, 0.29) is 0 Å². The van der Waals surface area contributed by atoms with Crippen molar-refractivity contribution in [3.8, 4) is 11.5 Å². The molecule has 0 radical (unpaired) electrons. The monoisotopic (exact) mass is 318 g/mol. The van der Waals surface area contributed by atoms with E-state index in [1.54, 1.807) is 26.4 Å². The van der Waals surface area contributed by atoms with Crippen LogP contribution in [0.25, 0.3) is 12.2 Å². The van der Waals surface area contributed by atoms with Crippen LogP contribution in [0.2, 0.25) is 0 Å². The topological polar surface area (TPSA) is 18.5 Å². The minimum atomic E-state index is -0.595. The third kappa shape index (κ3) is 4.09. The van der Waals surface area contributed by atoms with Gasteiger partial charge in [0.15, 0.2) is 0 Å². The summed E-state index contributed by atoms with van der Waals surface area (Å²) in [5.74, 6) is 0.297. The van der Waals surface area contributed by atoms with Crippen molar-refractivity contribution in [2.45, 2.75) is 19.8 Å². The molecule has 0 aliphatic heterocycles. The van der Waals surface area contributed by atoms with Gasteiger partial charge in [-0.25, -0.2) is 8.78 Å². The largest absolute Gasteiger partial charge is 0.496 e. The van der Waals surface area contributed by atoms with Crippen LogP contribution in [0, 0.1) is 11.6 Å². The van der Waals surface area contributed by atoms with Crippen LogP contribution in [0.5, 0.6) is 11.5 Å². The third-order valence-corrected chi connectivity index (χ3v) is 3.55. The molecule has 0 atom stereocenters. The lowest BCUT2D eigenvalue weighted by Gasteiger charge is -2.14. The van der Waals surface area contributed by atoms with E-state index in [0.29, 0.717) is 5.56 Å². The molecule has 23 heavy (non-hydrogen) atoms. The van der Waals surface area contributed by atoms with Crippen LogP contribution >= 0.6 is 0 Å². The zero-order chi connectivity index (χ0) is 16.8. The summed E-state index contributed by atoms with van der Waals surface area (Å²) in [6.45, 7) is 2.09. The molecule has 0 bridgehead atoms. The van der Waals surface area contributed by atoms with Gasteiger partial charge in [-0.15, -0.1) is 0 Å². The van der Waals surface area contributed by atoms with E-state index >= 15 is 0 Å². The highest BCUT2D eigenvalue weighted by molar-refractivity contribution is 5.72. The molecular formula is C19H20F2O2. The van der Waals surface area contributed by atoms with Gasteiger partial charge in [-0.2, -0.15) is 0 Å². The fraction of sp³-hybridized carbons (Fsp3) is 0.263. The molecule has 0 aliphatic carbocycles. The summed E-state index contributed by atoms with van der Waals surface area (Å²) in [4.78, 5) is 0. The SMILES string of the molecule is CCCc1c(OC)cc(/C=C/c2ccc(F)cc2F)cc1OC. The van der Waals surface area contributed by atoms with E-state index in [0.717, 1.165) is 41.5 Å². The molecule has 0 spiro atoms. The Morgan fingerprint density at radius 3 is 2.13 bits per heavy atom. The van der Waals surface area contributed by atoms with Crippen LogP contribution in [0.1, 0.15) is 30.0 Å². The number of methoxy groups -OCH3 is 2. The zero-order valence-corrected chi connectivity index (χ0v) is 13.5. The van der Waals surface area contributed by atoms with Crippen LogP contribution in [-0.2, 0) is 6.42 Å². The van der Waals surface area contributed by atoms with Crippen LogP contribution in [0.4, 0.5) is 8.78 Å². The lowest BCUT2D eigenvalue weighted by molar-refractivity contribution is 0.385. The summed E-state index contributed by atoms with van der Waals surface area (Å²) in [7, 11) is 3.22. The smallest absolute Gasteiger partial charge is 0.133 e. The summed E-state index contributed by atoms with van der Waals surface area (Å²) in [6.07, 6.45) is 5.17. The highest BCUT2D eigenvalue weighted by Crippen LogP contribution is 2.32. The van der Waals surface area contributed by atoms with Gasteiger partial charge in [0.1, 0.15) is 23.1 Å². The Balaban J connectivity index is 2.37. The maximum Gasteiger partial charge on any atom is 0.133 e.